The van der Waals surface area contributed by atoms with Gasteiger partial charge in [-0.3, -0.25) is 9.89 Å². The lowest BCUT2D eigenvalue weighted by Gasteiger charge is -2.37. The number of rotatable bonds is 6. The van der Waals surface area contributed by atoms with Gasteiger partial charge < -0.3 is 19.7 Å². The van der Waals surface area contributed by atoms with Gasteiger partial charge in [0.05, 0.1) is 19.8 Å². The molecule has 24 heavy (non-hydrogen) atoms. The monoisotopic (exact) mass is 454 g/mol. The molecular formula is C17H35IN4O2. The van der Waals surface area contributed by atoms with Gasteiger partial charge in [-0.05, 0) is 12.3 Å². The van der Waals surface area contributed by atoms with Gasteiger partial charge in [0.25, 0.3) is 0 Å². The van der Waals surface area contributed by atoms with Gasteiger partial charge in [0.2, 0.25) is 0 Å². The van der Waals surface area contributed by atoms with Crippen molar-refractivity contribution in [1.82, 2.24) is 15.1 Å². The lowest BCUT2D eigenvalue weighted by atomic mass is 10.0. The van der Waals surface area contributed by atoms with E-state index in [0.29, 0.717) is 17.9 Å². The Balaban J connectivity index is 0.00000288. The maximum absolute atomic E-state index is 5.48. The summed E-state index contributed by atoms with van der Waals surface area (Å²) in [5.74, 6) is 2.21. The summed E-state index contributed by atoms with van der Waals surface area (Å²) in [7, 11) is 3.98. The van der Waals surface area contributed by atoms with Gasteiger partial charge in [0.15, 0.2) is 5.96 Å². The molecule has 0 bridgehead atoms. The van der Waals surface area contributed by atoms with Crippen LogP contribution < -0.4 is 5.32 Å². The topological polar surface area (TPSA) is 49.3 Å². The summed E-state index contributed by atoms with van der Waals surface area (Å²) in [6.07, 6.45) is 1.16. The zero-order valence-corrected chi connectivity index (χ0v) is 18.0. The number of nitrogens with one attached hydrogen (secondary N) is 1. The molecular weight excluding hydrogens is 419 g/mol. The minimum Gasteiger partial charge on any atom is -0.381 e. The Labute approximate surface area is 164 Å². The van der Waals surface area contributed by atoms with Crippen molar-refractivity contribution >= 4 is 29.9 Å². The van der Waals surface area contributed by atoms with Crippen LogP contribution in [0.2, 0.25) is 0 Å². The van der Waals surface area contributed by atoms with E-state index in [1.807, 2.05) is 7.05 Å². The maximum atomic E-state index is 5.48. The van der Waals surface area contributed by atoms with Crippen molar-refractivity contribution in [3.8, 4) is 0 Å². The third-order valence-corrected chi connectivity index (χ3v) is 4.88. The van der Waals surface area contributed by atoms with Crippen LogP contribution in [0, 0.1) is 11.8 Å². The second-order valence-corrected chi connectivity index (χ2v) is 7.00. The fourth-order valence-corrected chi connectivity index (χ4v) is 3.48. The summed E-state index contributed by atoms with van der Waals surface area (Å²) in [5, 5.41) is 3.57. The predicted molar refractivity (Wildman–Crippen MR) is 109 cm³/mol. The van der Waals surface area contributed by atoms with E-state index in [4.69, 9.17) is 9.47 Å². The molecule has 0 aromatic heterocycles. The first-order valence-electron chi connectivity index (χ1n) is 8.93. The smallest absolute Gasteiger partial charge is 0.193 e. The first-order valence-corrected chi connectivity index (χ1v) is 8.93. The predicted octanol–water partition coefficient (Wildman–Crippen LogP) is 1.50. The zero-order valence-electron chi connectivity index (χ0n) is 15.7. The number of hydrogen-bond acceptors (Lipinski definition) is 4. The van der Waals surface area contributed by atoms with E-state index in [1.165, 1.54) is 0 Å². The van der Waals surface area contributed by atoms with Gasteiger partial charge >= 0.3 is 0 Å². The van der Waals surface area contributed by atoms with Gasteiger partial charge in [-0.2, -0.15) is 0 Å². The first-order chi connectivity index (χ1) is 11.1. The van der Waals surface area contributed by atoms with Crippen molar-refractivity contribution < 1.29 is 9.47 Å². The van der Waals surface area contributed by atoms with E-state index in [2.05, 4.69) is 41.0 Å². The Kier molecular flexibility index (Phi) is 10.5. The Bertz CT molecular complexity index is 370. The van der Waals surface area contributed by atoms with Crippen LogP contribution in [0.5, 0.6) is 0 Å². The number of halogens is 1. The molecule has 2 aliphatic heterocycles. The van der Waals surface area contributed by atoms with Gasteiger partial charge in [-0.1, -0.05) is 13.8 Å². The summed E-state index contributed by atoms with van der Waals surface area (Å²) in [6.45, 7) is 12.0. The Morgan fingerprint density at radius 3 is 2.50 bits per heavy atom. The third kappa shape index (κ3) is 6.65. The number of guanidine groups is 1. The molecule has 0 spiro atoms. The Morgan fingerprint density at radius 2 is 1.96 bits per heavy atom. The Hall–Kier alpha value is -0.120. The molecule has 6 nitrogen and oxygen atoms in total. The lowest BCUT2D eigenvalue weighted by molar-refractivity contribution is 0.00741. The van der Waals surface area contributed by atoms with E-state index in [0.717, 1.165) is 65.0 Å². The molecule has 1 N–H and O–H groups in total. The largest absolute Gasteiger partial charge is 0.381 e. The number of ether oxygens (including phenoxy) is 2. The van der Waals surface area contributed by atoms with Crippen molar-refractivity contribution in [2.24, 2.45) is 16.8 Å². The second-order valence-electron chi connectivity index (χ2n) is 7.00. The fourth-order valence-electron chi connectivity index (χ4n) is 3.48. The molecule has 0 amide bonds. The van der Waals surface area contributed by atoms with Crippen molar-refractivity contribution in [2.75, 3.05) is 66.7 Å². The lowest BCUT2D eigenvalue weighted by Crippen LogP contribution is -2.53. The molecule has 0 aliphatic carbocycles. The van der Waals surface area contributed by atoms with Crippen LogP contribution in [0.3, 0.4) is 0 Å². The molecule has 2 aliphatic rings. The molecule has 2 atom stereocenters. The van der Waals surface area contributed by atoms with Crippen LogP contribution in [-0.2, 0) is 9.47 Å². The quantitative estimate of drug-likeness (QED) is 0.375. The summed E-state index contributed by atoms with van der Waals surface area (Å²) < 4.78 is 11.0. The van der Waals surface area contributed by atoms with Gasteiger partial charge in [0, 0.05) is 58.8 Å². The van der Waals surface area contributed by atoms with Crippen LogP contribution in [-0.4, -0.2) is 88.5 Å². The highest BCUT2D eigenvalue weighted by molar-refractivity contribution is 14.0. The number of hydrogen-bond donors (Lipinski definition) is 1. The molecule has 0 radical (unpaired) electrons. The van der Waals surface area contributed by atoms with Crippen LogP contribution in [0.15, 0.2) is 4.99 Å². The van der Waals surface area contributed by atoms with Gasteiger partial charge in [-0.25, -0.2) is 0 Å². The number of morpholine rings is 1. The zero-order chi connectivity index (χ0) is 16.7. The molecule has 2 saturated heterocycles. The highest BCUT2D eigenvalue weighted by atomic mass is 127. The molecule has 142 valence electrons. The van der Waals surface area contributed by atoms with Crippen molar-refractivity contribution in [1.29, 1.82) is 0 Å². The van der Waals surface area contributed by atoms with Crippen molar-refractivity contribution in [2.45, 2.75) is 26.3 Å². The van der Waals surface area contributed by atoms with Crippen molar-refractivity contribution in [3.63, 3.8) is 0 Å². The van der Waals surface area contributed by atoms with E-state index < -0.39 is 0 Å². The highest BCUT2D eigenvalue weighted by Crippen LogP contribution is 2.14. The van der Waals surface area contributed by atoms with Crippen LogP contribution in [0.1, 0.15) is 20.3 Å². The Morgan fingerprint density at radius 1 is 1.25 bits per heavy atom. The van der Waals surface area contributed by atoms with E-state index >= 15 is 0 Å². The molecule has 0 aromatic rings. The van der Waals surface area contributed by atoms with Gasteiger partial charge in [-0.15, -0.1) is 24.0 Å². The normalized spacial score (nSPS) is 23.9. The molecule has 7 heteroatoms. The minimum absolute atomic E-state index is 0. The van der Waals surface area contributed by atoms with Crippen molar-refractivity contribution in [3.05, 3.63) is 0 Å². The molecule has 2 heterocycles. The van der Waals surface area contributed by atoms with E-state index in [9.17, 15) is 0 Å². The minimum atomic E-state index is 0. The third-order valence-electron chi connectivity index (χ3n) is 4.88. The van der Waals surface area contributed by atoms with Crippen LogP contribution >= 0.6 is 24.0 Å². The highest BCUT2D eigenvalue weighted by Gasteiger charge is 2.25. The molecule has 2 rings (SSSR count). The first kappa shape index (κ1) is 21.9. The summed E-state index contributed by atoms with van der Waals surface area (Å²) in [4.78, 5) is 9.23. The average Bonchev–Trinajstić information content (AvgIpc) is 3.05. The van der Waals surface area contributed by atoms with Gasteiger partial charge in [0.1, 0.15) is 0 Å². The number of nitrogens with zero attached hydrogens (tertiary/aromatic N) is 3. The van der Waals surface area contributed by atoms with E-state index in [1.54, 1.807) is 0 Å². The summed E-state index contributed by atoms with van der Waals surface area (Å²) >= 11 is 0. The number of aliphatic imine (C=N–C) groups is 1. The van der Waals surface area contributed by atoms with E-state index in [-0.39, 0.29) is 24.0 Å². The molecule has 2 unspecified atom stereocenters. The molecule has 0 saturated carbocycles. The summed E-state index contributed by atoms with van der Waals surface area (Å²) in [5.41, 5.74) is 0. The summed E-state index contributed by atoms with van der Waals surface area (Å²) in [6, 6.07) is 0.513. The maximum Gasteiger partial charge on any atom is 0.193 e. The average molecular weight is 454 g/mol. The molecule has 2 fully saturated rings. The van der Waals surface area contributed by atoms with Crippen LogP contribution in [0.25, 0.3) is 0 Å². The fraction of sp³-hybridized carbons (Fsp3) is 0.941. The van der Waals surface area contributed by atoms with Crippen LogP contribution in [0.4, 0.5) is 0 Å². The standard InChI is InChI=1S/C17H34N4O2.HI/c1-14(2)16(21-6-9-22-10-7-21)11-19-17(18-3)20(4)12-15-5-8-23-13-15;/h14-16H,5-13H2,1-4H3,(H,18,19);1H. The molecule has 0 aromatic carbocycles. The SMILES string of the molecule is CN=C(NCC(C(C)C)N1CCOCC1)N(C)CC1CCOC1.I. The second kappa shape index (κ2) is 11.5.